The van der Waals surface area contributed by atoms with Crippen molar-refractivity contribution in [2.45, 2.75) is 25.0 Å². The molecule has 0 aliphatic carbocycles. The average molecular weight is 370 g/mol. The van der Waals surface area contributed by atoms with Crippen LogP contribution < -0.4 is 10.1 Å². The minimum absolute atomic E-state index is 0.419. The zero-order valence-electron chi connectivity index (χ0n) is 14.8. The molecule has 136 valence electrons. The minimum atomic E-state index is -1.21. The Morgan fingerprint density at radius 3 is 2.58 bits per heavy atom. The lowest BCUT2D eigenvalue weighted by Crippen LogP contribution is -2.37. The molecule has 1 heterocycles. The van der Waals surface area contributed by atoms with Crippen LogP contribution in [0.1, 0.15) is 30.6 Å². The van der Waals surface area contributed by atoms with Crippen molar-refractivity contribution in [3.63, 3.8) is 0 Å². The van der Waals surface area contributed by atoms with E-state index in [9.17, 15) is 9.90 Å². The van der Waals surface area contributed by atoms with Gasteiger partial charge in [-0.05, 0) is 36.6 Å². The van der Waals surface area contributed by atoms with E-state index >= 15 is 0 Å². The third-order valence-corrected chi connectivity index (χ3v) is 5.36. The fraction of sp³-hybridized carbons (Fsp3) is 0.300. The number of hydrogen-bond acceptors (Lipinski definition) is 5. The predicted octanol–water partition coefficient (Wildman–Crippen LogP) is 3.25. The van der Waals surface area contributed by atoms with Gasteiger partial charge in [0, 0.05) is 5.75 Å². The summed E-state index contributed by atoms with van der Waals surface area (Å²) >= 11 is 1.49. The molecule has 1 aliphatic heterocycles. The van der Waals surface area contributed by atoms with Crippen molar-refractivity contribution in [3.8, 4) is 5.75 Å². The second-order valence-corrected chi connectivity index (χ2v) is 7.40. The van der Waals surface area contributed by atoms with Gasteiger partial charge in [0.05, 0.1) is 12.6 Å². The predicted molar refractivity (Wildman–Crippen MR) is 104 cm³/mol. The van der Waals surface area contributed by atoms with Crippen molar-refractivity contribution in [3.05, 3.63) is 65.7 Å². The fourth-order valence-corrected chi connectivity index (χ4v) is 3.97. The number of ether oxygens (including phenoxy) is 1. The maximum absolute atomic E-state index is 12.4. The molecule has 0 bridgehead atoms. The number of benzene rings is 2. The molecule has 0 saturated carbocycles. The van der Waals surface area contributed by atoms with E-state index in [1.54, 1.807) is 31.4 Å². The molecule has 2 atom stereocenters. The molecule has 2 N–H and O–H groups in total. The summed E-state index contributed by atoms with van der Waals surface area (Å²) in [7, 11) is 1.64. The topological polar surface area (TPSA) is 70.9 Å². The van der Waals surface area contributed by atoms with Gasteiger partial charge in [0.15, 0.2) is 11.3 Å². The van der Waals surface area contributed by atoms with E-state index in [0.717, 1.165) is 23.5 Å². The van der Waals surface area contributed by atoms with Gasteiger partial charge >= 0.3 is 0 Å². The van der Waals surface area contributed by atoms with E-state index in [1.165, 1.54) is 11.8 Å². The molecule has 26 heavy (non-hydrogen) atoms. The van der Waals surface area contributed by atoms with Crippen LogP contribution in [0.2, 0.25) is 0 Å². The molecule has 0 fully saturated rings. The molecule has 5 nitrogen and oxygen atoms in total. The molecular weight excluding hydrogens is 348 g/mol. The van der Waals surface area contributed by atoms with Crippen LogP contribution in [-0.2, 0) is 10.3 Å². The normalized spacial score (nSPS) is 20.8. The highest BCUT2D eigenvalue weighted by Crippen LogP contribution is 2.36. The molecule has 0 spiro atoms. The van der Waals surface area contributed by atoms with Crippen molar-refractivity contribution in [1.82, 2.24) is 5.32 Å². The molecule has 2 aromatic carbocycles. The maximum Gasteiger partial charge on any atom is 0.259 e. The Bertz CT molecular complexity index is 792. The van der Waals surface area contributed by atoms with Gasteiger partial charge in [-0.2, -0.15) is 0 Å². The Hall–Kier alpha value is -2.31. The van der Waals surface area contributed by atoms with E-state index in [2.05, 4.69) is 5.32 Å². The van der Waals surface area contributed by atoms with E-state index in [4.69, 9.17) is 9.73 Å². The Morgan fingerprint density at radius 2 is 1.92 bits per heavy atom. The first-order chi connectivity index (χ1) is 12.5. The van der Waals surface area contributed by atoms with Crippen molar-refractivity contribution < 1.29 is 14.6 Å². The van der Waals surface area contributed by atoms with Gasteiger partial charge in [0.2, 0.25) is 0 Å². The van der Waals surface area contributed by atoms with Crippen molar-refractivity contribution in [2.24, 2.45) is 4.99 Å². The second kappa shape index (κ2) is 7.93. The van der Waals surface area contributed by atoms with Gasteiger partial charge in [0.25, 0.3) is 5.91 Å². The number of nitrogens with zero attached hydrogens (tertiary/aromatic N) is 1. The first-order valence-electron chi connectivity index (χ1n) is 8.43. The highest BCUT2D eigenvalue weighted by Gasteiger charge is 2.31. The number of rotatable bonds is 4. The largest absolute Gasteiger partial charge is 0.497 e. The monoisotopic (exact) mass is 370 g/mol. The lowest BCUT2D eigenvalue weighted by atomic mass is 9.90. The summed E-state index contributed by atoms with van der Waals surface area (Å²) in [5, 5.41) is 13.5. The lowest BCUT2D eigenvalue weighted by molar-refractivity contribution is -0.128. The van der Waals surface area contributed by atoms with Crippen LogP contribution in [0.25, 0.3) is 0 Å². The summed E-state index contributed by atoms with van der Waals surface area (Å²) in [5.74, 6) is 1.16. The molecule has 0 radical (unpaired) electrons. The second-order valence-electron chi connectivity index (χ2n) is 6.32. The third-order valence-electron chi connectivity index (χ3n) is 4.48. The van der Waals surface area contributed by atoms with Crippen molar-refractivity contribution in [1.29, 1.82) is 0 Å². The number of aliphatic hydroxyl groups excluding tert-OH is 1. The van der Waals surface area contributed by atoms with E-state index < -0.39 is 17.6 Å². The molecule has 6 heteroatoms. The molecule has 0 saturated heterocycles. The number of nitrogens with one attached hydrogen (secondary N) is 1. The molecule has 1 amide bonds. The molecule has 2 unspecified atom stereocenters. The zero-order valence-corrected chi connectivity index (χ0v) is 15.6. The van der Waals surface area contributed by atoms with Gasteiger partial charge in [-0.25, -0.2) is 0 Å². The van der Waals surface area contributed by atoms with Gasteiger partial charge in [0.1, 0.15) is 5.75 Å². The highest BCUT2D eigenvalue weighted by atomic mass is 32.2. The number of aliphatic imine (C=N–C) groups is 1. The van der Waals surface area contributed by atoms with Gasteiger partial charge in [-0.3, -0.25) is 9.79 Å². The van der Waals surface area contributed by atoms with Gasteiger partial charge in [-0.1, -0.05) is 54.2 Å². The average Bonchev–Trinajstić information content (AvgIpc) is 2.68. The lowest BCUT2D eigenvalue weighted by Gasteiger charge is -2.31. The molecular formula is C20H22N2O3S. The Kier molecular flexibility index (Phi) is 5.64. The van der Waals surface area contributed by atoms with Crippen molar-refractivity contribution >= 4 is 22.8 Å². The number of hydrogen-bond donors (Lipinski definition) is 2. The van der Waals surface area contributed by atoms with Crippen molar-refractivity contribution in [2.75, 3.05) is 12.9 Å². The highest BCUT2D eigenvalue weighted by molar-refractivity contribution is 8.13. The first kappa shape index (κ1) is 18.5. The van der Waals surface area contributed by atoms with Crippen LogP contribution >= 0.6 is 11.8 Å². The van der Waals surface area contributed by atoms with Crippen LogP contribution in [0.5, 0.6) is 5.75 Å². The zero-order chi connectivity index (χ0) is 18.6. The number of carbonyl (C=O) groups excluding carboxylic acids is 1. The summed E-state index contributed by atoms with van der Waals surface area (Å²) in [6, 6.07) is 16.7. The van der Waals surface area contributed by atoms with Crippen LogP contribution in [-0.4, -0.2) is 29.0 Å². The smallest absolute Gasteiger partial charge is 0.259 e. The molecule has 0 aromatic heterocycles. The Morgan fingerprint density at radius 1 is 1.23 bits per heavy atom. The third kappa shape index (κ3) is 4.08. The summed E-state index contributed by atoms with van der Waals surface area (Å²) in [5.41, 5.74) is 1.20. The summed E-state index contributed by atoms with van der Waals surface area (Å²) in [6.07, 6.45) is -0.349. The van der Waals surface area contributed by atoms with Gasteiger partial charge in [-0.15, -0.1) is 0 Å². The summed E-state index contributed by atoms with van der Waals surface area (Å²) < 4.78 is 5.21. The van der Waals surface area contributed by atoms with E-state index in [1.807, 2.05) is 37.3 Å². The summed E-state index contributed by atoms with van der Waals surface area (Å²) in [4.78, 5) is 17.1. The van der Waals surface area contributed by atoms with Crippen LogP contribution in [0.3, 0.4) is 0 Å². The minimum Gasteiger partial charge on any atom is -0.497 e. The van der Waals surface area contributed by atoms with Crippen LogP contribution in [0.4, 0.5) is 0 Å². The Balaban J connectivity index is 1.76. The number of amidine groups is 1. The SMILES string of the molecule is COc1ccc(C2(C)CCSC(NC(=O)C(O)c3ccccc3)=N2)cc1. The first-order valence-corrected chi connectivity index (χ1v) is 9.41. The van der Waals surface area contributed by atoms with Crippen LogP contribution in [0.15, 0.2) is 59.6 Å². The standard InChI is InChI=1S/C20H22N2O3S/c1-20(15-8-10-16(25-2)11-9-15)12-13-26-19(22-20)21-18(24)17(23)14-6-4-3-5-7-14/h3-11,17,23H,12-13H2,1-2H3,(H,21,22,24). The van der Waals surface area contributed by atoms with E-state index in [0.29, 0.717) is 10.7 Å². The van der Waals surface area contributed by atoms with Crippen LogP contribution in [0, 0.1) is 0 Å². The summed E-state index contributed by atoms with van der Waals surface area (Å²) in [6.45, 7) is 2.05. The number of methoxy groups -OCH3 is 1. The number of carbonyl (C=O) groups is 1. The van der Waals surface area contributed by atoms with Gasteiger partial charge < -0.3 is 15.2 Å². The quantitative estimate of drug-likeness (QED) is 0.867. The molecule has 2 aromatic rings. The maximum atomic E-state index is 12.4. The molecule has 1 aliphatic rings. The van der Waals surface area contributed by atoms with E-state index in [-0.39, 0.29) is 0 Å². The number of amides is 1. The number of thioether (sulfide) groups is 1. The Labute approximate surface area is 157 Å². The number of aliphatic hydroxyl groups is 1. The molecule has 3 rings (SSSR count). The fourth-order valence-electron chi connectivity index (χ4n) is 2.84.